The van der Waals surface area contributed by atoms with Gasteiger partial charge in [-0.15, -0.1) is 0 Å². The summed E-state index contributed by atoms with van der Waals surface area (Å²) in [6.07, 6.45) is 0. The fourth-order valence-electron chi connectivity index (χ4n) is 8.20. The summed E-state index contributed by atoms with van der Waals surface area (Å²) in [7, 11) is -5.17. The summed E-state index contributed by atoms with van der Waals surface area (Å²) in [4.78, 5) is 4.76. The zero-order valence-corrected chi connectivity index (χ0v) is 37.2. The minimum atomic E-state index is -5.17. The number of hydrogen-bond acceptors (Lipinski definition) is 6. The van der Waals surface area contributed by atoms with E-state index >= 15 is 0 Å². The summed E-state index contributed by atoms with van der Waals surface area (Å²) in [6, 6.07) is 40.1. The second kappa shape index (κ2) is 18.0. The van der Waals surface area contributed by atoms with Gasteiger partial charge in [-0.05, 0) is 114 Å². The molecule has 2 aliphatic rings. The van der Waals surface area contributed by atoms with Crippen molar-refractivity contribution in [3.05, 3.63) is 140 Å². The van der Waals surface area contributed by atoms with E-state index in [9.17, 15) is 0 Å². The van der Waals surface area contributed by atoms with Crippen molar-refractivity contribution in [2.75, 3.05) is 49.1 Å². The highest BCUT2D eigenvalue weighted by Crippen LogP contribution is 2.41. The lowest BCUT2D eigenvalue weighted by atomic mass is 9.98. The molecule has 0 aliphatic carbocycles. The average molecular weight is 913 g/mol. The van der Waals surface area contributed by atoms with Crippen LogP contribution in [-0.4, -0.2) is 77.4 Å². The molecular formula is C46H48Br2N4O4S. The summed E-state index contributed by atoms with van der Waals surface area (Å²) < 4.78 is 41.3. The van der Waals surface area contributed by atoms with E-state index in [0.717, 1.165) is 48.2 Å². The smallest absolute Gasteiger partial charge is 0.221 e. The lowest BCUT2D eigenvalue weighted by molar-refractivity contribution is -0.431. The Labute approximate surface area is 353 Å². The molecule has 0 atom stereocenters. The van der Waals surface area contributed by atoms with E-state index in [4.69, 9.17) is 17.5 Å². The van der Waals surface area contributed by atoms with Gasteiger partial charge >= 0.3 is 0 Å². The molecule has 8 rings (SSSR count). The molecule has 0 bridgehead atoms. The maximum atomic E-state index is 8.52. The third-order valence-electron chi connectivity index (χ3n) is 10.7. The van der Waals surface area contributed by atoms with Gasteiger partial charge in [0.25, 0.3) is 0 Å². The van der Waals surface area contributed by atoms with Gasteiger partial charge < -0.3 is 18.9 Å². The average Bonchev–Trinajstić information content (AvgIpc) is 3.72. The van der Waals surface area contributed by atoms with Gasteiger partial charge in [0.1, 0.15) is 13.1 Å². The van der Waals surface area contributed by atoms with Crippen LogP contribution < -0.4 is 9.80 Å². The Morgan fingerprint density at radius 1 is 0.509 bits per heavy atom. The molecular weight excluding hydrogens is 864 g/mol. The molecule has 296 valence electrons. The van der Waals surface area contributed by atoms with Crippen LogP contribution in [0.5, 0.6) is 0 Å². The van der Waals surface area contributed by atoms with Crippen molar-refractivity contribution in [3.63, 3.8) is 0 Å². The first-order chi connectivity index (χ1) is 27.4. The predicted octanol–water partition coefficient (Wildman–Crippen LogP) is 10.6. The van der Waals surface area contributed by atoms with Crippen LogP contribution in [0.3, 0.4) is 0 Å². The van der Waals surface area contributed by atoms with Crippen molar-refractivity contribution in [1.29, 1.82) is 0 Å². The zero-order valence-electron chi connectivity index (χ0n) is 33.2. The molecule has 0 saturated carbocycles. The summed E-state index contributed by atoms with van der Waals surface area (Å²) in [5.41, 5.74) is 13.1. The second-order valence-corrected chi connectivity index (χ2v) is 16.1. The van der Waals surface area contributed by atoms with Crippen LogP contribution in [0.1, 0.15) is 63.8 Å². The molecule has 6 aromatic rings. The van der Waals surface area contributed by atoms with Gasteiger partial charge in [0.2, 0.25) is 22.8 Å². The third kappa shape index (κ3) is 8.59. The first kappa shape index (κ1) is 42.2. The number of hydrogen-bond donors (Lipinski definition) is 0. The molecule has 0 aromatic heterocycles. The minimum absolute atomic E-state index is 0.957. The van der Waals surface area contributed by atoms with Crippen molar-refractivity contribution < 1.29 is 26.7 Å². The van der Waals surface area contributed by atoms with Gasteiger partial charge in [-0.3, -0.25) is 8.42 Å². The number of rotatable bonds is 10. The molecule has 0 spiro atoms. The van der Waals surface area contributed by atoms with Crippen LogP contribution in [0.15, 0.2) is 118 Å². The number of anilines is 2. The molecule has 11 heteroatoms. The molecule has 8 nitrogen and oxygen atoms in total. The molecule has 6 aromatic carbocycles. The molecule has 0 amide bonds. The monoisotopic (exact) mass is 910 g/mol. The van der Waals surface area contributed by atoms with E-state index in [2.05, 4.69) is 202 Å². The standard InChI is InChI=1S/2C23H24BrN2.H2O4S/c2*1-4-25(5-2)17-12-10-16(11-13-17)23-19-9-7-8-18-20(24)14-15-21(22(18)19)26(23)6-3;1-5(2,3)4/h2*7-15H,4-6H2,1-3H3;(H2,1,2,3,4)/q2*+1;/p-2. The fraction of sp³-hybridized carbons (Fsp3) is 0.261. The van der Waals surface area contributed by atoms with Crippen LogP contribution >= 0.6 is 31.9 Å². The summed E-state index contributed by atoms with van der Waals surface area (Å²) in [5.74, 6) is 0. The van der Waals surface area contributed by atoms with Crippen LogP contribution in [0.4, 0.5) is 22.7 Å². The third-order valence-corrected chi connectivity index (χ3v) is 12.1. The van der Waals surface area contributed by atoms with Crippen LogP contribution in [-0.2, 0) is 10.4 Å². The van der Waals surface area contributed by atoms with Crippen LogP contribution in [0.25, 0.3) is 21.5 Å². The predicted molar refractivity (Wildman–Crippen MR) is 241 cm³/mol. The normalized spacial score (nSPS) is 12.8. The molecule has 0 fully saturated rings. The fourth-order valence-corrected chi connectivity index (χ4v) is 9.12. The number of halogens is 2. The highest BCUT2D eigenvalue weighted by atomic mass is 79.9. The van der Waals surface area contributed by atoms with Gasteiger partial charge in [0, 0.05) is 90.9 Å². The number of benzene rings is 6. The summed E-state index contributed by atoms with van der Waals surface area (Å²) in [5, 5.41) is 5.28. The lowest BCUT2D eigenvalue weighted by Crippen LogP contribution is -2.22. The van der Waals surface area contributed by atoms with Crippen molar-refractivity contribution in [2.24, 2.45) is 0 Å². The van der Waals surface area contributed by atoms with Crippen LogP contribution in [0.2, 0.25) is 0 Å². The Morgan fingerprint density at radius 2 is 0.842 bits per heavy atom. The lowest BCUT2D eigenvalue weighted by Gasteiger charge is -2.21. The van der Waals surface area contributed by atoms with Gasteiger partial charge in [-0.2, -0.15) is 9.15 Å². The van der Waals surface area contributed by atoms with Crippen molar-refractivity contribution in [2.45, 2.75) is 41.5 Å². The molecule has 0 unspecified atom stereocenters. The van der Waals surface area contributed by atoms with Crippen LogP contribution in [0, 0.1) is 0 Å². The Morgan fingerprint density at radius 3 is 1.14 bits per heavy atom. The van der Waals surface area contributed by atoms with Crippen molar-refractivity contribution in [1.82, 2.24) is 0 Å². The van der Waals surface area contributed by atoms with E-state index in [-0.39, 0.29) is 0 Å². The molecule has 57 heavy (non-hydrogen) atoms. The Balaban J connectivity index is 0.000000173. The Hall–Kier alpha value is -4.39. The molecule has 0 saturated heterocycles. The largest absolute Gasteiger partial charge is 0.759 e. The van der Waals surface area contributed by atoms with E-state index in [1.165, 1.54) is 78.0 Å². The zero-order chi connectivity index (χ0) is 41.0. The molecule has 0 N–H and O–H groups in total. The Kier molecular flexibility index (Phi) is 13.4. The van der Waals surface area contributed by atoms with Crippen molar-refractivity contribution in [3.8, 4) is 0 Å². The maximum Gasteiger partial charge on any atom is 0.221 e. The Bertz CT molecular complexity index is 2420. The summed E-state index contributed by atoms with van der Waals surface area (Å²) in [6.45, 7) is 19.3. The second-order valence-electron chi connectivity index (χ2n) is 13.6. The first-order valence-electron chi connectivity index (χ1n) is 19.5. The van der Waals surface area contributed by atoms with E-state index < -0.39 is 10.4 Å². The van der Waals surface area contributed by atoms with Gasteiger partial charge in [0.05, 0.1) is 21.9 Å². The highest BCUT2D eigenvalue weighted by molar-refractivity contribution is 9.11. The molecule has 2 heterocycles. The first-order valence-corrected chi connectivity index (χ1v) is 22.4. The minimum Gasteiger partial charge on any atom is -0.759 e. The van der Waals surface area contributed by atoms with E-state index in [0.29, 0.717) is 0 Å². The van der Waals surface area contributed by atoms with Gasteiger partial charge in [-0.25, -0.2) is 0 Å². The highest BCUT2D eigenvalue weighted by Gasteiger charge is 2.34. The van der Waals surface area contributed by atoms with Gasteiger partial charge in [0.15, 0.2) is 0 Å². The number of nitrogens with zero attached hydrogens (tertiary/aromatic N) is 4. The van der Waals surface area contributed by atoms with Gasteiger partial charge in [-0.1, -0.05) is 56.1 Å². The topological polar surface area (TPSA) is 92.8 Å². The summed E-state index contributed by atoms with van der Waals surface area (Å²) >= 11 is 7.44. The van der Waals surface area contributed by atoms with Crippen molar-refractivity contribution >= 4 is 98.0 Å². The molecule has 2 aliphatic heterocycles. The van der Waals surface area contributed by atoms with E-state index in [1.54, 1.807) is 0 Å². The van der Waals surface area contributed by atoms with E-state index in [1.807, 2.05) is 0 Å². The maximum absolute atomic E-state index is 8.52. The molecule has 0 radical (unpaired) electrons. The quantitative estimate of drug-likeness (QED) is 0.0772. The SMILES string of the molecule is CCN(CC)c1ccc(C2=[N+](CC)c3ccc(Br)c4cccc2c34)cc1.CCN(CC)c1ccc(C2=[N+](CC)c3ccc(Br)c4cccc2c34)cc1.O=S(=O)([O-])[O-].